The molecule has 0 N–H and O–H groups in total. The highest BCUT2D eigenvalue weighted by atomic mass is 13.9. The predicted molar refractivity (Wildman–Crippen MR) is 107 cm³/mol. The third-order valence-electron chi connectivity index (χ3n) is 1.41. The fraction of sp³-hybridized carbons (Fsp3) is 0.429. The summed E-state index contributed by atoms with van der Waals surface area (Å²) in [4.78, 5) is 0. The van der Waals surface area contributed by atoms with Gasteiger partial charge in [0.1, 0.15) is 0 Å². The van der Waals surface area contributed by atoms with E-state index < -0.39 is 0 Å². The van der Waals surface area contributed by atoms with Crippen molar-refractivity contribution >= 4 is 6.08 Å². The number of hydrogen-bond donors (Lipinski definition) is 0. The van der Waals surface area contributed by atoms with Crippen molar-refractivity contribution in [2.45, 2.75) is 61.8 Å². The molecule has 0 aliphatic heterocycles. The molecule has 0 fully saturated rings. The molecule has 1 aromatic carbocycles. The summed E-state index contributed by atoms with van der Waals surface area (Å²) in [5, 5.41) is 0. The molecular formula is C21H40. The highest BCUT2D eigenvalue weighted by molar-refractivity contribution is 5.48. The van der Waals surface area contributed by atoms with Crippen LogP contribution in [0, 0.1) is 0 Å². The molecule has 0 aliphatic rings. The van der Waals surface area contributed by atoms with E-state index in [0.717, 1.165) is 6.42 Å². The molecule has 0 unspecified atom stereocenters. The number of hydrogen-bond acceptors (Lipinski definition) is 0. The molecular weight excluding hydrogens is 252 g/mol. The van der Waals surface area contributed by atoms with Crippen LogP contribution in [0.25, 0.3) is 6.08 Å². The van der Waals surface area contributed by atoms with Crippen molar-refractivity contribution in [1.29, 1.82) is 0 Å². The van der Waals surface area contributed by atoms with Crippen LogP contribution in [-0.2, 0) is 0 Å². The molecule has 0 spiro atoms. The molecule has 0 saturated carbocycles. The first kappa shape index (κ1) is 31.7. The van der Waals surface area contributed by atoms with Gasteiger partial charge in [-0.15, -0.1) is 19.7 Å². The lowest BCUT2D eigenvalue weighted by Gasteiger charge is -1.88. The van der Waals surface area contributed by atoms with E-state index >= 15 is 0 Å². The Kier molecular flexibility index (Phi) is 77.7. The van der Waals surface area contributed by atoms with Crippen molar-refractivity contribution in [3.05, 3.63) is 67.8 Å². The van der Waals surface area contributed by atoms with Gasteiger partial charge in [-0.3, -0.25) is 0 Å². The molecule has 0 heterocycles. The maximum absolute atomic E-state index is 3.64. The van der Waals surface area contributed by atoms with Crippen molar-refractivity contribution in [1.82, 2.24) is 0 Å². The zero-order valence-electron chi connectivity index (χ0n) is 15.9. The minimum atomic E-state index is 0.939. The highest BCUT2D eigenvalue weighted by Crippen LogP contribution is 2.01. The van der Waals surface area contributed by atoms with Crippen LogP contribution in [0.4, 0.5) is 0 Å². The quantitative estimate of drug-likeness (QED) is 0.493. The van der Waals surface area contributed by atoms with Crippen LogP contribution in [-0.4, -0.2) is 0 Å². The second-order valence-corrected chi connectivity index (χ2v) is 2.34. The summed E-state index contributed by atoms with van der Waals surface area (Å²) >= 11 is 0. The summed E-state index contributed by atoms with van der Waals surface area (Å²) in [6.45, 7) is 25.6. The van der Waals surface area contributed by atoms with Crippen LogP contribution >= 0.6 is 0 Å². The number of benzene rings is 1. The molecule has 0 aromatic heterocycles. The average Bonchev–Trinajstić information content (AvgIpc) is 2.65. The predicted octanol–water partition coefficient (Wildman–Crippen LogP) is 8.18. The van der Waals surface area contributed by atoms with E-state index in [9.17, 15) is 0 Å². The molecule has 0 radical (unpaired) electrons. The van der Waals surface area contributed by atoms with Crippen LogP contribution in [0.15, 0.2) is 62.2 Å². The van der Waals surface area contributed by atoms with Crippen molar-refractivity contribution in [2.24, 2.45) is 0 Å². The van der Waals surface area contributed by atoms with Crippen molar-refractivity contribution in [2.75, 3.05) is 0 Å². The first-order valence-corrected chi connectivity index (χ1v) is 8.26. The van der Waals surface area contributed by atoms with Gasteiger partial charge in [0.05, 0.1) is 0 Å². The summed E-state index contributed by atoms with van der Waals surface area (Å²) in [6.07, 6.45) is 7.03. The van der Waals surface area contributed by atoms with Crippen molar-refractivity contribution < 1.29 is 0 Å². The summed E-state index contributed by atoms with van der Waals surface area (Å²) in [5.74, 6) is 0. The summed E-state index contributed by atoms with van der Waals surface area (Å²) in [6, 6.07) is 10.3. The fourth-order valence-electron chi connectivity index (χ4n) is 0.864. The van der Waals surface area contributed by atoms with Crippen LogP contribution in [0.3, 0.4) is 0 Å². The Morgan fingerprint density at radius 3 is 1.48 bits per heavy atom. The molecule has 0 nitrogen and oxygen atoms in total. The van der Waals surface area contributed by atoms with Crippen LogP contribution < -0.4 is 0 Å². The maximum Gasteiger partial charge on any atom is -0.0169 e. The molecule has 1 rings (SSSR count). The Balaban J connectivity index is -0.0000000727. The van der Waals surface area contributed by atoms with Gasteiger partial charge in [-0.25, -0.2) is 0 Å². The molecule has 1 aromatic rings. The van der Waals surface area contributed by atoms with Gasteiger partial charge >= 0.3 is 0 Å². The summed E-state index contributed by atoms with van der Waals surface area (Å²) < 4.78 is 0. The first-order chi connectivity index (χ1) is 10.4. The molecule has 0 atom stereocenters. The van der Waals surface area contributed by atoms with E-state index in [0.29, 0.717) is 0 Å². The molecule has 0 aliphatic carbocycles. The first-order valence-electron chi connectivity index (χ1n) is 8.26. The van der Waals surface area contributed by atoms with Crippen molar-refractivity contribution in [3.63, 3.8) is 0 Å². The van der Waals surface area contributed by atoms with Gasteiger partial charge in [-0.1, -0.05) is 104 Å². The lowest BCUT2D eigenvalue weighted by atomic mass is 10.2. The van der Waals surface area contributed by atoms with E-state index in [1.54, 1.807) is 0 Å². The second kappa shape index (κ2) is 51.5. The van der Waals surface area contributed by atoms with Crippen LogP contribution in [0.1, 0.15) is 67.4 Å². The van der Waals surface area contributed by atoms with E-state index in [1.165, 1.54) is 5.56 Å². The Bertz CT molecular complexity index is 244. The molecule has 21 heavy (non-hydrogen) atoms. The molecule has 0 amide bonds. The fourth-order valence-corrected chi connectivity index (χ4v) is 0.864. The van der Waals surface area contributed by atoms with E-state index in [4.69, 9.17) is 0 Å². The lowest BCUT2D eigenvalue weighted by Crippen LogP contribution is -1.67. The van der Waals surface area contributed by atoms with E-state index in [1.807, 2.05) is 79.7 Å². The van der Waals surface area contributed by atoms with Gasteiger partial charge in [-0.05, 0) is 12.0 Å². The largest absolute Gasteiger partial charge is 0.106 e. The average molecular weight is 293 g/mol. The SMILES string of the molecule is C=C.C=CC/C=C/c1ccccc1.CC.CC.CC.CC. The summed E-state index contributed by atoms with van der Waals surface area (Å²) in [7, 11) is 0. The number of allylic oxidation sites excluding steroid dienone is 2. The van der Waals surface area contributed by atoms with Gasteiger partial charge in [0, 0.05) is 0 Å². The Hall–Kier alpha value is -1.56. The zero-order valence-corrected chi connectivity index (χ0v) is 15.9. The molecule has 0 bridgehead atoms. The smallest absolute Gasteiger partial charge is 0.0169 e. The topological polar surface area (TPSA) is 0 Å². The Morgan fingerprint density at radius 2 is 1.14 bits per heavy atom. The monoisotopic (exact) mass is 292 g/mol. The molecule has 0 heteroatoms. The zero-order chi connectivity index (χ0) is 17.9. The summed E-state index contributed by atoms with van der Waals surface area (Å²) in [5.41, 5.74) is 1.24. The van der Waals surface area contributed by atoms with Gasteiger partial charge in [0.25, 0.3) is 0 Å². The minimum Gasteiger partial charge on any atom is -0.106 e. The van der Waals surface area contributed by atoms with Gasteiger partial charge in [0.2, 0.25) is 0 Å². The van der Waals surface area contributed by atoms with Crippen LogP contribution in [0.5, 0.6) is 0 Å². The van der Waals surface area contributed by atoms with Gasteiger partial charge in [-0.2, -0.15) is 0 Å². The standard InChI is InChI=1S/C11H12.4C2H6.C2H4/c1-2-3-5-8-11-9-6-4-7-10-11;5*1-2/h2,4-10H,1,3H2;4*1-2H3;1-2H2/b8-5+;;;;;. The molecule has 0 saturated heterocycles. The normalized spacial score (nSPS) is 6.67. The minimum absolute atomic E-state index is 0.939. The van der Waals surface area contributed by atoms with Gasteiger partial charge < -0.3 is 0 Å². The lowest BCUT2D eigenvalue weighted by molar-refractivity contribution is 1.42. The van der Waals surface area contributed by atoms with E-state index in [-0.39, 0.29) is 0 Å². The maximum atomic E-state index is 3.64. The van der Waals surface area contributed by atoms with Crippen molar-refractivity contribution in [3.8, 4) is 0 Å². The molecule has 124 valence electrons. The third-order valence-corrected chi connectivity index (χ3v) is 1.41. The number of rotatable bonds is 3. The van der Waals surface area contributed by atoms with E-state index in [2.05, 4.69) is 44.0 Å². The Morgan fingerprint density at radius 1 is 0.762 bits per heavy atom. The second-order valence-electron chi connectivity index (χ2n) is 2.34. The third kappa shape index (κ3) is 38.1. The highest BCUT2D eigenvalue weighted by Gasteiger charge is 1.79. The van der Waals surface area contributed by atoms with Gasteiger partial charge in [0.15, 0.2) is 0 Å². The Labute approximate surface area is 136 Å². The van der Waals surface area contributed by atoms with Crippen LogP contribution in [0.2, 0.25) is 0 Å².